The van der Waals surface area contributed by atoms with E-state index in [1.54, 1.807) is 7.11 Å². The maximum Gasteiger partial charge on any atom is 0.160 e. The molecule has 2 bridgehead atoms. The molecule has 2 atom stereocenters. The average Bonchev–Trinajstić information content (AvgIpc) is 2.68. The van der Waals surface area contributed by atoms with Crippen LogP contribution in [0.15, 0.2) is 54.6 Å². The van der Waals surface area contributed by atoms with Crippen LogP contribution in [0.1, 0.15) is 36.8 Å². The van der Waals surface area contributed by atoms with E-state index in [0.29, 0.717) is 5.78 Å². The first-order chi connectivity index (χ1) is 12.7. The van der Waals surface area contributed by atoms with E-state index in [1.807, 2.05) is 12.1 Å². The van der Waals surface area contributed by atoms with E-state index in [1.165, 1.54) is 5.56 Å². The number of likely N-dealkylation sites (tertiary alicyclic amines) is 1. The van der Waals surface area contributed by atoms with Gasteiger partial charge in [-0.15, -0.1) is 0 Å². The fourth-order valence-electron chi connectivity index (χ4n) is 4.79. The molecule has 1 saturated carbocycles. The Morgan fingerprint density at radius 3 is 2.77 bits per heavy atom. The molecule has 0 aromatic heterocycles. The van der Waals surface area contributed by atoms with Gasteiger partial charge < -0.3 is 4.74 Å². The zero-order valence-corrected chi connectivity index (χ0v) is 15.5. The van der Waals surface area contributed by atoms with Crippen LogP contribution in [0, 0.1) is 0 Å². The van der Waals surface area contributed by atoms with Crippen molar-refractivity contribution >= 4 is 5.78 Å². The molecule has 1 heterocycles. The van der Waals surface area contributed by atoms with Crippen LogP contribution in [0.25, 0.3) is 0 Å². The first kappa shape index (κ1) is 17.3. The monoisotopic (exact) mass is 349 g/mol. The summed E-state index contributed by atoms with van der Waals surface area (Å²) in [6.45, 7) is 1.97. The standard InChI is InChI=1S/C23H27NO2/c1-26-20-10-5-9-19(17-20)23-13-6-11-21(22(23)25)24(16-14-23)15-12-18-7-3-2-4-8-18/h2-5,7-10,17,21H,6,11-16H2,1H3/t21-,23-/m0/s1. The third-order valence-corrected chi connectivity index (χ3v) is 6.27. The number of ketones is 1. The number of benzene rings is 2. The van der Waals surface area contributed by atoms with Gasteiger partial charge in [0.2, 0.25) is 0 Å². The topological polar surface area (TPSA) is 29.5 Å². The lowest BCUT2D eigenvalue weighted by Gasteiger charge is -2.49. The molecule has 26 heavy (non-hydrogen) atoms. The van der Waals surface area contributed by atoms with Gasteiger partial charge in [0.25, 0.3) is 0 Å². The molecule has 0 spiro atoms. The summed E-state index contributed by atoms with van der Waals surface area (Å²) in [7, 11) is 1.69. The fraction of sp³-hybridized carbons (Fsp3) is 0.435. The number of nitrogens with zero attached hydrogens (tertiary/aromatic N) is 1. The predicted octanol–water partition coefficient (Wildman–Crippen LogP) is 4.00. The Labute approximate surface area is 156 Å². The van der Waals surface area contributed by atoms with Crippen molar-refractivity contribution in [2.45, 2.75) is 43.6 Å². The lowest BCUT2D eigenvalue weighted by Crippen LogP contribution is -2.59. The maximum absolute atomic E-state index is 13.5. The van der Waals surface area contributed by atoms with Crippen molar-refractivity contribution in [2.75, 3.05) is 20.2 Å². The van der Waals surface area contributed by atoms with Crippen LogP contribution in [0.2, 0.25) is 0 Å². The molecule has 2 aliphatic rings. The van der Waals surface area contributed by atoms with Gasteiger partial charge in [-0.05, 0) is 48.9 Å². The first-order valence-corrected chi connectivity index (χ1v) is 9.70. The summed E-state index contributed by atoms with van der Waals surface area (Å²) in [4.78, 5) is 15.9. The van der Waals surface area contributed by atoms with E-state index in [0.717, 1.165) is 56.5 Å². The molecule has 0 N–H and O–H groups in total. The van der Waals surface area contributed by atoms with E-state index in [9.17, 15) is 4.79 Å². The van der Waals surface area contributed by atoms with E-state index >= 15 is 0 Å². The number of rotatable bonds is 5. The third kappa shape index (κ3) is 3.05. The minimum Gasteiger partial charge on any atom is -0.497 e. The fourth-order valence-corrected chi connectivity index (χ4v) is 4.79. The Morgan fingerprint density at radius 1 is 1.12 bits per heavy atom. The molecule has 0 amide bonds. The zero-order valence-electron chi connectivity index (χ0n) is 15.5. The van der Waals surface area contributed by atoms with E-state index in [2.05, 4.69) is 47.4 Å². The number of hydrogen-bond acceptors (Lipinski definition) is 3. The lowest BCUT2D eigenvalue weighted by molar-refractivity contribution is -0.137. The highest BCUT2D eigenvalue weighted by molar-refractivity contribution is 5.96. The quantitative estimate of drug-likeness (QED) is 0.817. The van der Waals surface area contributed by atoms with Crippen molar-refractivity contribution < 1.29 is 9.53 Å². The van der Waals surface area contributed by atoms with Crippen molar-refractivity contribution in [1.82, 2.24) is 4.90 Å². The molecule has 1 aliphatic heterocycles. The van der Waals surface area contributed by atoms with Gasteiger partial charge in [-0.25, -0.2) is 0 Å². The molecule has 2 fully saturated rings. The summed E-state index contributed by atoms with van der Waals surface area (Å²) in [5.74, 6) is 1.27. The van der Waals surface area contributed by atoms with Crippen molar-refractivity contribution in [2.24, 2.45) is 0 Å². The molecule has 1 saturated heterocycles. The van der Waals surface area contributed by atoms with Crippen LogP contribution >= 0.6 is 0 Å². The number of Topliss-reactive ketones (excluding diaryl/α,β-unsaturated/α-hetero) is 1. The summed E-state index contributed by atoms with van der Waals surface area (Å²) in [6.07, 6.45) is 5.03. The predicted molar refractivity (Wildman–Crippen MR) is 104 cm³/mol. The number of carbonyl (C=O) groups is 1. The van der Waals surface area contributed by atoms with Gasteiger partial charge in [0.05, 0.1) is 18.6 Å². The molecule has 4 rings (SSSR count). The highest BCUT2D eigenvalue weighted by atomic mass is 16.5. The summed E-state index contributed by atoms with van der Waals surface area (Å²) in [5.41, 5.74) is 2.19. The second kappa shape index (κ2) is 7.24. The molecule has 3 nitrogen and oxygen atoms in total. The number of methoxy groups -OCH3 is 1. The van der Waals surface area contributed by atoms with Gasteiger partial charge >= 0.3 is 0 Å². The Morgan fingerprint density at radius 2 is 1.96 bits per heavy atom. The molecular formula is C23H27NO2. The molecular weight excluding hydrogens is 322 g/mol. The molecule has 2 aromatic rings. The smallest absolute Gasteiger partial charge is 0.160 e. The largest absolute Gasteiger partial charge is 0.497 e. The number of hydrogen-bond donors (Lipinski definition) is 0. The van der Waals surface area contributed by atoms with Crippen LogP contribution in [-0.4, -0.2) is 36.9 Å². The number of piperidine rings is 1. The molecule has 1 aliphatic carbocycles. The van der Waals surface area contributed by atoms with Crippen LogP contribution < -0.4 is 4.74 Å². The highest BCUT2D eigenvalue weighted by Crippen LogP contribution is 2.45. The lowest BCUT2D eigenvalue weighted by atomic mass is 9.62. The summed E-state index contributed by atoms with van der Waals surface area (Å²) in [5, 5.41) is 0. The van der Waals surface area contributed by atoms with E-state index < -0.39 is 0 Å². The van der Waals surface area contributed by atoms with Crippen molar-refractivity contribution in [1.29, 1.82) is 0 Å². The summed E-state index contributed by atoms with van der Waals surface area (Å²) < 4.78 is 5.40. The van der Waals surface area contributed by atoms with Crippen molar-refractivity contribution in [3.63, 3.8) is 0 Å². The van der Waals surface area contributed by atoms with Gasteiger partial charge in [-0.1, -0.05) is 48.9 Å². The zero-order chi connectivity index (χ0) is 18.0. The molecule has 0 unspecified atom stereocenters. The number of fused-ring (bicyclic) bond motifs is 2. The highest BCUT2D eigenvalue weighted by Gasteiger charge is 2.50. The Kier molecular flexibility index (Phi) is 4.82. The Hall–Kier alpha value is -2.13. The Balaban J connectivity index is 1.53. The van der Waals surface area contributed by atoms with Gasteiger partial charge in [0.15, 0.2) is 5.78 Å². The first-order valence-electron chi connectivity index (χ1n) is 9.70. The SMILES string of the molecule is COc1cccc([C@@]23CCC[C@@H](C2=O)N(CCc2ccccc2)CC3)c1. The van der Waals surface area contributed by atoms with Crippen LogP contribution in [0.5, 0.6) is 5.75 Å². The van der Waals surface area contributed by atoms with Gasteiger partial charge in [-0.3, -0.25) is 9.69 Å². The molecule has 3 heteroatoms. The molecule has 2 aromatic carbocycles. The molecule has 0 radical (unpaired) electrons. The maximum atomic E-state index is 13.5. The van der Waals surface area contributed by atoms with Crippen LogP contribution in [0.3, 0.4) is 0 Å². The third-order valence-electron chi connectivity index (χ3n) is 6.27. The normalized spacial score (nSPS) is 25.9. The van der Waals surface area contributed by atoms with Gasteiger partial charge in [0.1, 0.15) is 5.75 Å². The van der Waals surface area contributed by atoms with Gasteiger partial charge in [-0.2, -0.15) is 0 Å². The van der Waals surface area contributed by atoms with Crippen molar-refractivity contribution in [3.8, 4) is 5.75 Å². The minimum atomic E-state index is -0.305. The number of ether oxygens (including phenoxy) is 1. The van der Waals surface area contributed by atoms with Crippen LogP contribution in [-0.2, 0) is 16.6 Å². The summed E-state index contributed by atoms with van der Waals surface area (Å²) in [6, 6.07) is 18.8. The Bertz CT molecular complexity index is 773. The second-order valence-electron chi connectivity index (χ2n) is 7.61. The minimum absolute atomic E-state index is 0.0763. The van der Waals surface area contributed by atoms with E-state index in [-0.39, 0.29) is 11.5 Å². The van der Waals surface area contributed by atoms with E-state index in [4.69, 9.17) is 4.74 Å². The number of carbonyl (C=O) groups excluding carboxylic acids is 1. The average molecular weight is 349 g/mol. The van der Waals surface area contributed by atoms with Crippen LogP contribution in [0.4, 0.5) is 0 Å². The van der Waals surface area contributed by atoms with Crippen molar-refractivity contribution in [3.05, 3.63) is 65.7 Å². The second-order valence-corrected chi connectivity index (χ2v) is 7.61. The molecule has 136 valence electrons. The van der Waals surface area contributed by atoms with Gasteiger partial charge in [0, 0.05) is 13.1 Å². The summed E-state index contributed by atoms with van der Waals surface area (Å²) >= 11 is 0.